The number of ether oxygens (including phenoxy) is 1. The molecular weight excluding hydrogens is 356 g/mol. The lowest BCUT2D eigenvalue weighted by atomic mass is 10.0. The van der Waals surface area contributed by atoms with Crippen LogP contribution in [0.1, 0.15) is 42.7 Å². The van der Waals surface area contributed by atoms with E-state index < -0.39 is 29.7 Å². The predicted octanol–water partition coefficient (Wildman–Crippen LogP) is 0.0591. The Morgan fingerprint density at radius 3 is 2.67 bits per heavy atom. The lowest BCUT2D eigenvalue weighted by molar-refractivity contribution is -0.142. The van der Waals surface area contributed by atoms with Crippen molar-refractivity contribution < 1.29 is 19.4 Å². The van der Waals surface area contributed by atoms with E-state index in [1.807, 2.05) is 13.8 Å². The van der Waals surface area contributed by atoms with Crippen molar-refractivity contribution in [3.63, 3.8) is 0 Å². The maximum absolute atomic E-state index is 12.6. The summed E-state index contributed by atoms with van der Waals surface area (Å²) in [5.41, 5.74) is -0.441. The molecule has 27 heavy (non-hydrogen) atoms. The number of rotatable bonds is 8. The molecule has 2 aromatic heterocycles. The van der Waals surface area contributed by atoms with Crippen molar-refractivity contribution in [3.8, 4) is 0 Å². The van der Waals surface area contributed by atoms with E-state index in [9.17, 15) is 19.2 Å². The Morgan fingerprint density at radius 2 is 2.07 bits per heavy atom. The number of pyridine rings is 1. The van der Waals surface area contributed by atoms with Crippen molar-refractivity contribution in [1.29, 1.82) is 0 Å². The van der Waals surface area contributed by atoms with Crippen molar-refractivity contribution in [1.82, 2.24) is 19.9 Å². The molecular formula is C17H22N4O6. The molecule has 0 aromatic carbocycles. The summed E-state index contributed by atoms with van der Waals surface area (Å²) in [6.07, 6.45) is 0. The first-order valence-electron chi connectivity index (χ1n) is 8.51. The van der Waals surface area contributed by atoms with Crippen LogP contribution in [0, 0.1) is 0 Å². The number of carboxylic acids is 1. The molecule has 10 nitrogen and oxygen atoms in total. The number of hydrogen-bond acceptors (Lipinski definition) is 6. The lowest BCUT2D eigenvalue weighted by Gasteiger charge is -2.14. The molecule has 0 aliphatic carbocycles. The molecule has 2 aromatic rings. The van der Waals surface area contributed by atoms with E-state index in [2.05, 4.69) is 15.3 Å². The van der Waals surface area contributed by atoms with Crippen molar-refractivity contribution >= 4 is 22.9 Å². The summed E-state index contributed by atoms with van der Waals surface area (Å²) >= 11 is 0. The van der Waals surface area contributed by atoms with Gasteiger partial charge in [-0.2, -0.15) is 0 Å². The zero-order valence-corrected chi connectivity index (χ0v) is 15.4. The van der Waals surface area contributed by atoms with Crippen LogP contribution in [0.3, 0.4) is 0 Å². The molecule has 10 heteroatoms. The molecule has 0 fully saturated rings. The number of fused-ring (bicyclic) bond motifs is 1. The standard InChI is InChI=1S/C17H22N4O6/c1-4-21-14-13(16(25)20-17(21)26)10(7-11(19-14)9(2)3)15(24)18-5-6-27-8-12(22)23/h7,9H,4-6,8H2,1-3H3,(H,18,24)(H,22,23)(H,20,25,26). The van der Waals surface area contributed by atoms with E-state index in [0.717, 1.165) is 0 Å². The third-order valence-electron chi connectivity index (χ3n) is 3.88. The first-order chi connectivity index (χ1) is 12.8. The van der Waals surface area contributed by atoms with E-state index in [4.69, 9.17) is 9.84 Å². The first-order valence-corrected chi connectivity index (χ1v) is 8.51. The Morgan fingerprint density at radius 1 is 1.37 bits per heavy atom. The number of carbonyl (C=O) groups excluding carboxylic acids is 1. The fourth-order valence-electron chi connectivity index (χ4n) is 2.55. The van der Waals surface area contributed by atoms with Gasteiger partial charge in [0, 0.05) is 18.8 Å². The Kier molecular flexibility index (Phi) is 6.45. The van der Waals surface area contributed by atoms with Gasteiger partial charge in [-0.25, -0.2) is 14.6 Å². The fourth-order valence-corrected chi connectivity index (χ4v) is 2.55. The number of carboxylic acid groups (broad SMARTS) is 1. The quantitative estimate of drug-likeness (QED) is 0.551. The van der Waals surface area contributed by atoms with E-state index in [1.165, 1.54) is 10.6 Å². The van der Waals surface area contributed by atoms with Crippen LogP contribution in [0.25, 0.3) is 11.0 Å². The van der Waals surface area contributed by atoms with Gasteiger partial charge in [0.25, 0.3) is 11.5 Å². The minimum absolute atomic E-state index is 0.00805. The van der Waals surface area contributed by atoms with Gasteiger partial charge in [-0.1, -0.05) is 13.8 Å². The number of aryl methyl sites for hydroxylation is 1. The van der Waals surface area contributed by atoms with Crippen molar-refractivity contribution in [3.05, 3.63) is 38.2 Å². The van der Waals surface area contributed by atoms with Gasteiger partial charge in [-0.3, -0.25) is 19.1 Å². The predicted molar refractivity (Wildman–Crippen MR) is 97.2 cm³/mol. The van der Waals surface area contributed by atoms with Gasteiger partial charge < -0.3 is 15.2 Å². The number of H-pyrrole nitrogens is 1. The molecule has 2 rings (SSSR count). The zero-order valence-electron chi connectivity index (χ0n) is 15.4. The normalized spacial score (nSPS) is 11.1. The number of aromatic nitrogens is 3. The number of hydrogen-bond donors (Lipinski definition) is 3. The van der Waals surface area contributed by atoms with E-state index in [-0.39, 0.29) is 42.2 Å². The first kappa shape index (κ1) is 20.3. The molecule has 0 saturated carbocycles. The molecule has 2 heterocycles. The summed E-state index contributed by atoms with van der Waals surface area (Å²) in [6.45, 7) is 5.40. The highest BCUT2D eigenvalue weighted by atomic mass is 16.5. The largest absolute Gasteiger partial charge is 0.480 e. The zero-order chi connectivity index (χ0) is 20.1. The van der Waals surface area contributed by atoms with Crippen LogP contribution in [0.15, 0.2) is 15.7 Å². The molecule has 0 unspecified atom stereocenters. The van der Waals surface area contributed by atoms with Gasteiger partial charge in [-0.05, 0) is 18.9 Å². The number of nitrogens with one attached hydrogen (secondary N) is 2. The van der Waals surface area contributed by atoms with Crippen LogP contribution in [-0.2, 0) is 16.1 Å². The summed E-state index contributed by atoms with van der Waals surface area (Å²) in [5, 5.41) is 11.1. The van der Waals surface area contributed by atoms with Crippen molar-refractivity contribution in [2.45, 2.75) is 33.2 Å². The molecule has 1 amide bonds. The Labute approximate surface area is 154 Å². The van der Waals surface area contributed by atoms with Gasteiger partial charge in [0.1, 0.15) is 6.61 Å². The third-order valence-corrected chi connectivity index (χ3v) is 3.88. The minimum atomic E-state index is -1.10. The summed E-state index contributed by atoms with van der Waals surface area (Å²) in [6, 6.07) is 1.53. The highest BCUT2D eigenvalue weighted by Crippen LogP contribution is 2.19. The van der Waals surface area contributed by atoms with E-state index in [1.54, 1.807) is 6.92 Å². The average molecular weight is 378 g/mol. The topological polar surface area (TPSA) is 143 Å². The van der Waals surface area contributed by atoms with Crippen LogP contribution in [0.5, 0.6) is 0 Å². The molecule has 0 saturated heterocycles. The Balaban J connectivity index is 2.45. The molecule has 0 aliphatic heterocycles. The van der Waals surface area contributed by atoms with E-state index >= 15 is 0 Å². The molecule has 0 aliphatic rings. The molecule has 3 N–H and O–H groups in total. The second-order valence-corrected chi connectivity index (χ2v) is 6.15. The number of aliphatic carboxylic acids is 1. The highest BCUT2D eigenvalue weighted by molar-refractivity contribution is 6.05. The smallest absolute Gasteiger partial charge is 0.329 e. The average Bonchev–Trinajstić information content (AvgIpc) is 2.60. The number of carbonyl (C=O) groups is 2. The minimum Gasteiger partial charge on any atom is -0.480 e. The SMILES string of the molecule is CCn1c(=O)[nH]c(=O)c2c(C(=O)NCCOCC(=O)O)cc(C(C)C)nc21. The van der Waals surface area contributed by atoms with Gasteiger partial charge in [-0.15, -0.1) is 0 Å². The van der Waals surface area contributed by atoms with Crippen molar-refractivity contribution in [2.75, 3.05) is 19.8 Å². The summed E-state index contributed by atoms with van der Waals surface area (Å²) in [4.78, 5) is 54.0. The number of aromatic amines is 1. The highest BCUT2D eigenvalue weighted by Gasteiger charge is 2.19. The monoisotopic (exact) mass is 378 g/mol. The van der Waals surface area contributed by atoms with Crippen LogP contribution in [0.2, 0.25) is 0 Å². The molecule has 0 bridgehead atoms. The molecule has 0 spiro atoms. The van der Waals surface area contributed by atoms with Crippen molar-refractivity contribution in [2.24, 2.45) is 0 Å². The molecule has 0 radical (unpaired) electrons. The van der Waals surface area contributed by atoms with Crippen LogP contribution < -0.4 is 16.6 Å². The fraction of sp³-hybridized carbons (Fsp3) is 0.471. The second-order valence-electron chi connectivity index (χ2n) is 6.15. The number of amides is 1. The molecule has 0 atom stereocenters. The van der Waals surface area contributed by atoms with Crippen LogP contribution in [-0.4, -0.2) is 51.3 Å². The van der Waals surface area contributed by atoms with Crippen LogP contribution >= 0.6 is 0 Å². The summed E-state index contributed by atoms with van der Waals surface area (Å²) in [5.74, 6) is -1.67. The van der Waals surface area contributed by atoms with Gasteiger partial charge in [0.15, 0.2) is 5.65 Å². The Hall–Kier alpha value is -3.01. The lowest BCUT2D eigenvalue weighted by Crippen LogP contribution is -2.34. The Bertz CT molecular complexity index is 976. The summed E-state index contributed by atoms with van der Waals surface area (Å²) in [7, 11) is 0. The second kappa shape index (κ2) is 8.58. The maximum atomic E-state index is 12.6. The van der Waals surface area contributed by atoms with Gasteiger partial charge >= 0.3 is 11.7 Å². The number of nitrogens with zero attached hydrogens (tertiary/aromatic N) is 2. The van der Waals surface area contributed by atoms with Gasteiger partial charge in [0.2, 0.25) is 0 Å². The van der Waals surface area contributed by atoms with Crippen LogP contribution in [0.4, 0.5) is 0 Å². The maximum Gasteiger partial charge on any atom is 0.329 e. The van der Waals surface area contributed by atoms with Gasteiger partial charge in [0.05, 0.1) is 17.6 Å². The van der Waals surface area contributed by atoms with E-state index in [0.29, 0.717) is 5.69 Å². The molecule has 146 valence electrons. The summed E-state index contributed by atoms with van der Waals surface area (Å²) < 4.78 is 6.17. The third kappa shape index (κ3) is 4.59.